The van der Waals surface area contributed by atoms with Crippen LogP contribution in [0.1, 0.15) is 53.7 Å². The number of nitrogens with zero attached hydrogens (tertiary/aromatic N) is 2. The molecule has 1 atom stereocenters. The Balaban J connectivity index is 1.42. The summed E-state index contributed by atoms with van der Waals surface area (Å²) in [5.41, 5.74) is 1.50. The van der Waals surface area contributed by atoms with Crippen LogP contribution in [0.15, 0.2) is 28.7 Å². The SMILES string of the molecule is Cc1nc(C2CC2)oc1C(=O)N[C@@H]1CCCN(c2cccc(F)c2)C1. The predicted molar refractivity (Wildman–Crippen MR) is 92.3 cm³/mol. The lowest BCUT2D eigenvalue weighted by Gasteiger charge is -2.34. The molecule has 1 aromatic heterocycles. The van der Waals surface area contributed by atoms with Gasteiger partial charge in [0, 0.05) is 30.7 Å². The third-order valence-electron chi connectivity index (χ3n) is 4.88. The molecule has 1 aromatic carbocycles. The second-order valence-electron chi connectivity index (χ2n) is 6.98. The summed E-state index contributed by atoms with van der Waals surface area (Å²) in [6.07, 6.45) is 4.03. The number of anilines is 1. The second kappa shape index (κ2) is 6.50. The number of nitrogens with one attached hydrogen (secondary N) is 1. The highest BCUT2D eigenvalue weighted by molar-refractivity contribution is 5.92. The van der Waals surface area contributed by atoms with Gasteiger partial charge in [-0.3, -0.25) is 4.79 Å². The Hall–Kier alpha value is -2.37. The predicted octanol–water partition coefficient (Wildman–Crippen LogP) is 3.40. The quantitative estimate of drug-likeness (QED) is 0.924. The number of aromatic nitrogens is 1. The Kier molecular flexibility index (Phi) is 4.19. The molecule has 0 spiro atoms. The molecule has 2 fully saturated rings. The van der Waals surface area contributed by atoms with Crippen LogP contribution in [0, 0.1) is 12.7 Å². The van der Waals surface area contributed by atoms with Gasteiger partial charge in [0.1, 0.15) is 5.82 Å². The first kappa shape index (κ1) is 16.1. The molecule has 1 saturated carbocycles. The van der Waals surface area contributed by atoms with Crippen LogP contribution < -0.4 is 10.2 Å². The summed E-state index contributed by atoms with van der Waals surface area (Å²) < 4.78 is 19.1. The number of halogens is 1. The zero-order chi connectivity index (χ0) is 17.4. The molecule has 25 heavy (non-hydrogen) atoms. The highest BCUT2D eigenvalue weighted by atomic mass is 19.1. The molecule has 1 N–H and O–H groups in total. The highest BCUT2D eigenvalue weighted by Gasteiger charge is 2.31. The summed E-state index contributed by atoms with van der Waals surface area (Å²) in [4.78, 5) is 19.1. The third kappa shape index (κ3) is 3.52. The second-order valence-corrected chi connectivity index (χ2v) is 6.98. The number of hydrogen-bond donors (Lipinski definition) is 1. The highest BCUT2D eigenvalue weighted by Crippen LogP contribution is 2.40. The number of carbonyl (C=O) groups excluding carboxylic acids is 1. The van der Waals surface area contributed by atoms with E-state index >= 15 is 0 Å². The van der Waals surface area contributed by atoms with Crippen molar-refractivity contribution in [2.24, 2.45) is 0 Å². The molecule has 5 nitrogen and oxygen atoms in total. The largest absolute Gasteiger partial charge is 0.435 e. The summed E-state index contributed by atoms with van der Waals surface area (Å²) in [5.74, 6) is 0.951. The van der Waals surface area contributed by atoms with E-state index in [0.29, 0.717) is 29.8 Å². The van der Waals surface area contributed by atoms with Gasteiger partial charge < -0.3 is 14.6 Å². The van der Waals surface area contributed by atoms with Gasteiger partial charge in [-0.2, -0.15) is 0 Å². The standard InChI is InChI=1S/C19H22FN3O2/c1-12-17(25-19(21-12)13-7-8-13)18(24)22-15-5-3-9-23(11-15)16-6-2-4-14(20)10-16/h2,4,6,10,13,15H,3,5,7-9,11H2,1H3,(H,22,24)/t15-/m1/s1. The molecule has 1 amide bonds. The minimum absolute atomic E-state index is 0.0124. The van der Waals surface area contributed by atoms with Crippen LogP contribution in [0.5, 0.6) is 0 Å². The van der Waals surface area contributed by atoms with Gasteiger partial charge >= 0.3 is 0 Å². The van der Waals surface area contributed by atoms with E-state index in [-0.39, 0.29) is 17.8 Å². The fourth-order valence-electron chi connectivity index (χ4n) is 3.39. The smallest absolute Gasteiger partial charge is 0.289 e. The van der Waals surface area contributed by atoms with Crippen LogP contribution in [-0.2, 0) is 0 Å². The van der Waals surface area contributed by atoms with E-state index in [1.54, 1.807) is 6.07 Å². The normalized spacial score (nSPS) is 20.6. The van der Waals surface area contributed by atoms with Gasteiger partial charge in [0.2, 0.25) is 5.76 Å². The Bertz CT molecular complexity index is 785. The van der Waals surface area contributed by atoms with Crippen molar-refractivity contribution in [2.45, 2.75) is 44.6 Å². The molecule has 1 aliphatic heterocycles. The lowest BCUT2D eigenvalue weighted by atomic mass is 10.0. The monoisotopic (exact) mass is 343 g/mol. The number of carbonyl (C=O) groups is 1. The maximum Gasteiger partial charge on any atom is 0.289 e. The maximum absolute atomic E-state index is 13.5. The van der Waals surface area contributed by atoms with E-state index in [2.05, 4.69) is 15.2 Å². The molecule has 0 bridgehead atoms. The Morgan fingerprint density at radius 3 is 2.96 bits per heavy atom. The molecular weight excluding hydrogens is 321 g/mol. The van der Waals surface area contributed by atoms with Gasteiger partial charge in [-0.25, -0.2) is 9.37 Å². The molecule has 2 aromatic rings. The summed E-state index contributed by atoms with van der Waals surface area (Å²) in [5, 5.41) is 3.05. The maximum atomic E-state index is 13.5. The van der Waals surface area contributed by atoms with Crippen LogP contribution in [0.2, 0.25) is 0 Å². The third-order valence-corrected chi connectivity index (χ3v) is 4.88. The van der Waals surface area contributed by atoms with Crippen molar-refractivity contribution in [2.75, 3.05) is 18.0 Å². The summed E-state index contributed by atoms with van der Waals surface area (Å²) in [6, 6.07) is 6.60. The van der Waals surface area contributed by atoms with Crippen molar-refractivity contribution < 1.29 is 13.6 Å². The molecule has 1 saturated heterocycles. The van der Waals surface area contributed by atoms with Crippen LogP contribution in [-0.4, -0.2) is 30.0 Å². The lowest BCUT2D eigenvalue weighted by molar-refractivity contribution is 0.0902. The Morgan fingerprint density at radius 1 is 1.36 bits per heavy atom. The Labute approximate surface area is 146 Å². The number of aryl methyl sites for hydroxylation is 1. The molecule has 0 radical (unpaired) electrons. The van der Waals surface area contributed by atoms with Gasteiger partial charge in [-0.15, -0.1) is 0 Å². The van der Waals surface area contributed by atoms with Crippen molar-refractivity contribution in [3.05, 3.63) is 47.4 Å². The van der Waals surface area contributed by atoms with E-state index in [0.717, 1.165) is 37.9 Å². The lowest BCUT2D eigenvalue weighted by Crippen LogP contribution is -2.47. The fraction of sp³-hybridized carbons (Fsp3) is 0.474. The first-order chi connectivity index (χ1) is 12.1. The van der Waals surface area contributed by atoms with Crippen molar-refractivity contribution in [1.29, 1.82) is 0 Å². The molecule has 0 unspecified atom stereocenters. The van der Waals surface area contributed by atoms with Gasteiger partial charge in [0.25, 0.3) is 5.91 Å². The summed E-state index contributed by atoms with van der Waals surface area (Å²) in [7, 11) is 0. The van der Waals surface area contributed by atoms with E-state index < -0.39 is 0 Å². The number of oxazole rings is 1. The van der Waals surface area contributed by atoms with Crippen LogP contribution in [0.4, 0.5) is 10.1 Å². The Morgan fingerprint density at radius 2 is 2.20 bits per heavy atom. The first-order valence-corrected chi connectivity index (χ1v) is 8.89. The van der Waals surface area contributed by atoms with Crippen molar-refractivity contribution >= 4 is 11.6 Å². The first-order valence-electron chi connectivity index (χ1n) is 8.89. The van der Waals surface area contributed by atoms with Crippen molar-refractivity contribution in [3.63, 3.8) is 0 Å². The minimum Gasteiger partial charge on any atom is -0.435 e. The number of benzene rings is 1. The van der Waals surface area contributed by atoms with Gasteiger partial charge in [-0.05, 0) is 50.8 Å². The van der Waals surface area contributed by atoms with E-state index in [9.17, 15) is 9.18 Å². The van der Waals surface area contributed by atoms with Crippen LogP contribution in [0.3, 0.4) is 0 Å². The topological polar surface area (TPSA) is 58.4 Å². The molecule has 2 aliphatic rings. The zero-order valence-electron chi connectivity index (χ0n) is 14.3. The van der Waals surface area contributed by atoms with Gasteiger partial charge in [0.15, 0.2) is 5.89 Å². The number of piperidine rings is 1. The fourth-order valence-corrected chi connectivity index (χ4v) is 3.39. The molecular formula is C19H22FN3O2. The molecule has 6 heteroatoms. The van der Waals surface area contributed by atoms with Gasteiger partial charge in [-0.1, -0.05) is 6.07 Å². The van der Waals surface area contributed by atoms with E-state index in [1.807, 2.05) is 13.0 Å². The molecule has 1 aliphatic carbocycles. The zero-order valence-corrected chi connectivity index (χ0v) is 14.3. The average Bonchev–Trinajstić information content (AvgIpc) is 3.37. The van der Waals surface area contributed by atoms with Crippen molar-refractivity contribution in [3.8, 4) is 0 Å². The summed E-state index contributed by atoms with van der Waals surface area (Å²) in [6.45, 7) is 3.34. The molecule has 2 heterocycles. The van der Waals surface area contributed by atoms with Gasteiger partial charge in [0.05, 0.1) is 5.69 Å². The molecule has 132 valence electrons. The number of amides is 1. The number of rotatable bonds is 4. The molecule has 4 rings (SSSR count). The average molecular weight is 343 g/mol. The number of hydrogen-bond acceptors (Lipinski definition) is 4. The van der Waals surface area contributed by atoms with Crippen LogP contribution in [0.25, 0.3) is 0 Å². The van der Waals surface area contributed by atoms with E-state index in [4.69, 9.17) is 4.42 Å². The minimum atomic E-state index is -0.242. The van der Waals surface area contributed by atoms with Crippen molar-refractivity contribution in [1.82, 2.24) is 10.3 Å². The van der Waals surface area contributed by atoms with E-state index in [1.165, 1.54) is 12.1 Å². The summed E-state index contributed by atoms with van der Waals surface area (Å²) >= 11 is 0. The van der Waals surface area contributed by atoms with Crippen LogP contribution >= 0.6 is 0 Å².